The molecule has 5 nitrogen and oxygen atoms in total. The molecule has 1 saturated carbocycles. The number of halogens is 2. The van der Waals surface area contributed by atoms with Gasteiger partial charge in [-0.25, -0.2) is 19.3 Å². The number of rotatable bonds is 7. The Kier molecular flexibility index (Phi) is 5.96. The van der Waals surface area contributed by atoms with Crippen LogP contribution in [0, 0.1) is 11.7 Å². The van der Waals surface area contributed by atoms with Crippen LogP contribution in [0.25, 0.3) is 5.95 Å². The van der Waals surface area contributed by atoms with E-state index < -0.39 is 0 Å². The van der Waals surface area contributed by atoms with Crippen molar-refractivity contribution in [1.82, 2.24) is 24.8 Å². The summed E-state index contributed by atoms with van der Waals surface area (Å²) in [6, 6.07) is 9.37. The molecule has 136 valence electrons. The van der Waals surface area contributed by atoms with E-state index in [0.29, 0.717) is 17.9 Å². The summed E-state index contributed by atoms with van der Waals surface area (Å²) in [5.41, 5.74) is 2.09. The average molecular weight is 374 g/mol. The van der Waals surface area contributed by atoms with E-state index in [9.17, 15) is 4.39 Å². The molecule has 0 saturated heterocycles. The monoisotopic (exact) mass is 373 g/mol. The molecule has 0 amide bonds. The van der Waals surface area contributed by atoms with Crippen molar-refractivity contribution in [2.75, 3.05) is 6.54 Å². The van der Waals surface area contributed by atoms with Gasteiger partial charge in [0.2, 0.25) is 5.95 Å². The van der Waals surface area contributed by atoms with Crippen molar-refractivity contribution in [3.63, 3.8) is 0 Å². The molecule has 0 radical (unpaired) electrons. The van der Waals surface area contributed by atoms with Gasteiger partial charge >= 0.3 is 0 Å². The zero-order chi connectivity index (χ0) is 17.1. The molecule has 2 atom stereocenters. The number of aromatic nitrogens is 4. The molecule has 7 heteroatoms. The van der Waals surface area contributed by atoms with Gasteiger partial charge in [0.15, 0.2) is 0 Å². The van der Waals surface area contributed by atoms with E-state index in [-0.39, 0.29) is 18.2 Å². The fourth-order valence-electron chi connectivity index (χ4n) is 3.10. The molecule has 3 aromatic rings. The predicted molar refractivity (Wildman–Crippen MR) is 100 cm³/mol. The Bertz CT molecular complexity index is 839. The summed E-state index contributed by atoms with van der Waals surface area (Å²) in [7, 11) is 0. The Labute approximate surface area is 158 Å². The van der Waals surface area contributed by atoms with E-state index in [0.717, 1.165) is 37.1 Å². The molecule has 1 aromatic carbocycles. The molecule has 2 heterocycles. The molecular formula is C19H21ClFN5. The largest absolute Gasteiger partial charge is 0.313 e. The molecule has 1 aliphatic carbocycles. The maximum Gasteiger partial charge on any atom is 0.235 e. The summed E-state index contributed by atoms with van der Waals surface area (Å²) < 4.78 is 15.0. The summed E-state index contributed by atoms with van der Waals surface area (Å²) in [6.45, 7) is 0.880. The summed E-state index contributed by atoms with van der Waals surface area (Å²) in [5.74, 6) is 1.10. The van der Waals surface area contributed by atoms with Crippen LogP contribution >= 0.6 is 12.4 Å². The molecule has 0 aliphatic heterocycles. The predicted octanol–water partition coefficient (Wildman–Crippen LogP) is 2.99. The maximum absolute atomic E-state index is 13.2. The van der Waals surface area contributed by atoms with Crippen molar-refractivity contribution in [1.29, 1.82) is 0 Å². The number of nitrogens with one attached hydrogen (secondary N) is 1. The Hall–Kier alpha value is -2.31. The first-order valence-electron chi connectivity index (χ1n) is 8.56. The van der Waals surface area contributed by atoms with Gasteiger partial charge in [-0.05, 0) is 42.5 Å². The highest BCUT2D eigenvalue weighted by Gasteiger charge is 2.36. The van der Waals surface area contributed by atoms with Crippen LogP contribution in [0.2, 0.25) is 0 Å². The number of hydrogen-bond donors (Lipinski definition) is 1. The van der Waals surface area contributed by atoms with Crippen molar-refractivity contribution >= 4 is 12.4 Å². The lowest BCUT2D eigenvalue weighted by atomic mass is 10.1. The molecule has 1 fully saturated rings. The van der Waals surface area contributed by atoms with Gasteiger partial charge in [0.1, 0.15) is 12.1 Å². The van der Waals surface area contributed by atoms with Gasteiger partial charge in [-0.1, -0.05) is 12.1 Å². The summed E-state index contributed by atoms with van der Waals surface area (Å²) in [5, 5.41) is 3.57. The minimum absolute atomic E-state index is 0. The Balaban J connectivity index is 0.00000196. The standard InChI is InChI=1S/C19H20FN5.ClH/c20-16-3-1-2-14(11-16)10-15-12-18(15)22-6-4-17-5-7-23-19(24-17)25-9-8-21-13-25;/h1-3,5,7-9,11,13,15,18,22H,4,6,10,12H2;1H. The van der Waals surface area contributed by atoms with Crippen molar-refractivity contribution < 1.29 is 4.39 Å². The van der Waals surface area contributed by atoms with Crippen LogP contribution in [0.15, 0.2) is 55.2 Å². The second-order valence-electron chi connectivity index (χ2n) is 6.46. The molecule has 0 bridgehead atoms. The molecular weight excluding hydrogens is 353 g/mol. The van der Waals surface area contributed by atoms with Crippen molar-refractivity contribution in [2.24, 2.45) is 5.92 Å². The lowest BCUT2D eigenvalue weighted by molar-refractivity contribution is 0.613. The van der Waals surface area contributed by atoms with Crippen LogP contribution in [0.1, 0.15) is 17.7 Å². The highest BCUT2D eigenvalue weighted by molar-refractivity contribution is 5.85. The van der Waals surface area contributed by atoms with Crippen LogP contribution in [-0.4, -0.2) is 32.1 Å². The molecule has 2 aromatic heterocycles. The fourth-order valence-corrected chi connectivity index (χ4v) is 3.10. The van der Waals surface area contributed by atoms with E-state index in [4.69, 9.17) is 0 Å². The van der Waals surface area contributed by atoms with Crippen LogP contribution in [0.4, 0.5) is 4.39 Å². The summed E-state index contributed by atoms with van der Waals surface area (Å²) in [4.78, 5) is 12.8. The van der Waals surface area contributed by atoms with Crippen molar-refractivity contribution in [3.05, 3.63) is 72.3 Å². The number of benzene rings is 1. The van der Waals surface area contributed by atoms with Crippen LogP contribution in [0.3, 0.4) is 0 Å². The SMILES string of the molecule is Cl.Fc1cccc(CC2CC2NCCc2ccnc(-n3ccnc3)n2)c1. The zero-order valence-electron chi connectivity index (χ0n) is 14.3. The van der Waals surface area contributed by atoms with Gasteiger partial charge in [0.05, 0.1) is 0 Å². The van der Waals surface area contributed by atoms with E-state index in [1.165, 1.54) is 6.07 Å². The molecule has 1 N–H and O–H groups in total. The van der Waals surface area contributed by atoms with Gasteiger partial charge in [-0.3, -0.25) is 4.57 Å². The highest BCUT2D eigenvalue weighted by atomic mass is 35.5. The first kappa shape index (κ1) is 18.5. The number of nitrogens with zero attached hydrogens (tertiary/aromatic N) is 4. The third-order valence-corrected chi connectivity index (χ3v) is 4.53. The quantitative estimate of drug-likeness (QED) is 0.691. The third-order valence-electron chi connectivity index (χ3n) is 4.53. The van der Waals surface area contributed by atoms with Gasteiger partial charge in [0, 0.05) is 43.3 Å². The average Bonchev–Trinajstić information content (AvgIpc) is 3.11. The first-order valence-corrected chi connectivity index (χ1v) is 8.56. The van der Waals surface area contributed by atoms with Crippen LogP contribution in [0.5, 0.6) is 0 Å². The second kappa shape index (κ2) is 8.38. The van der Waals surface area contributed by atoms with Crippen molar-refractivity contribution in [3.8, 4) is 5.95 Å². The molecule has 4 rings (SSSR count). The van der Waals surface area contributed by atoms with Gasteiger partial charge in [-0.2, -0.15) is 0 Å². The minimum Gasteiger partial charge on any atom is -0.313 e. The Morgan fingerprint density at radius 1 is 1.23 bits per heavy atom. The van der Waals surface area contributed by atoms with Crippen molar-refractivity contribution in [2.45, 2.75) is 25.3 Å². The minimum atomic E-state index is -0.153. The number of imidazole rings is 1. The van der Waals surface area contributed by atoms with E-state index in [1.54, 1.807) is 35.4 Å². The Morgan fingerprint density at radius 3 is 2.96 bits per heavy atom. The molecule has 2 unspecified atom stereocenters. The molecule has 1 aliphatic rings. The summed E-state index contributed by atoms with van der Waals surface area (Å²) >= 11 is 0. The zero-order valence-corrected chi connectivity index (χ0v) is 15.1. The topological polar surface area (TPSA) is 55.6 Å². The second-order valence-corrected chi connectivity index (χ2v) is 6.46. The lowest BCUT2D eigenvalue weighted by Crippen LogP contribution is -2.22. The molecule has 26 heavy (non-hydrogen) atoms. The normalized spacial score (nSPS) is 18.3. The maximum atomic E-state index is 13.2. The van der Waals surface area contributed by atoms with Crippen LogP contribution in [-0.2, 0) is 12.8 Å². The van der Waals surface area contributed by atoms with Gasteiger partial charge in [0.25, 0.3) is 0 Å². The third kappa shape index (κ3) is 4.65. The fraction of sp³-hybridized carbons (Fsp3) is 0.316. The summed E-state index contributed by atoms with van der Waals surface area (Å²) in [6.07, 6.45) is 9.96. The van der Waals surface area contributed by atoms with E-state index in [2.05, 4.69) is 20.3 Å². The number of hydrogen-bond acceptors (Lipinski definition) is 4. The van der Waals surface area contributed by atoms with Gasteiger partial charge in [-0.15, -0.1) is 12.4 Å². The lowest BCUT2D eigenvalue weighted by Gasteiger charge is -2.06. The Morgan fingerprint density at radius 2 is 2.15 bits per heavy atom. The van der Waals surface area contributed by atoms with E-state index in [1.807, 2.05) is 18.3 Å². The molecule has 0 spiro atoms. The highest BCUT2D eigenvalue weighted by Crippen LogP contribution is 2.33. The van der Waals surface area contributed by atoms with Gasteiger partial charge < -0.3 is 5.32 Å². The van der Waals surface area contributed by atoms with E-state index >= 15 is 0 Å². The smallest absolute Gasteiger partial charge is 0.235 e. The van der Waals surface area contributed by atoms with Crippen LogP contribution < -0.4 is 5.32 Å². The first-order chi connectivity index (χ1) is 12.3.